The van der Waals surface area contributed by atoms with Gasteiger partial charge in [0, 0.05) is 30.4 Å². The highest BCUT2D eigenvalue weighted by Gasteiger charge is 2.37. The van der Waals surface area contributed by atoms with Gasteiger partial charge in [0.15, 0.2) is 5.65 Å². The molecule has 0 aliphatic rings. The Kier molecular flexibility index (Phi) is 4.81. The molecule has 0 bridgehead atoms. The molecule has 5 rings (SSSR count). The molecule has 33 heavy (non-hydrogen) atoms. The Hall–Kier alpha value is -4.28. The molecule has 1 atom stereocenters. The van der Waals surface area contributed by atoms with Crippen LogP contribution in [-0.4, -0.2) is 40.3 Å². The van der Waals surface area contributed by atoms with E-state index >= 15 is 0 Å². The van der Waals surface area contributed by atoms with E-state index in [1.807, 2.05) is 0 Å². The number of rotatable bonds is 5. The number of hydrogen-bond donors (Lipinski definition) is 1. The largest absolute Gasteiger partial charge is 0.366 e. The zero-order valence-electron chi connectivity index (χ0n) is 17.3. The Balaban J connectivity index is 1.50. The van der Waals surface area contributed by atoms with Crippen LogP contribution in [0.3, 0.4) is 0 Å². The number of fused-ring (bicyclic) bond motifs is 1. The second kappa shape index (κ2) is 7.69. The lowest BCUT2D eigenvalue weighted by atomic mass is 10.0. The van der Waals surface area contributed by atoms with Gasteiger partial charge in [0.25, 0.3) is 5.92 Å². The van der Waals surface area contributed by atoms with Gasteiger partial charge < -0.3 is 5.73 Å². The number of hydrogen-bond acceptors (Lipinski definition) is 6. The standard InChI is InChI=1S/C22H17F3N8/c1-22(24,25)20(13-2-4-16(23)5-3-13)33-12-15(9-28-33)18-11-27-10-17(29-18)14-6-7-32-19(8-14)30-21(26)31-32/h2-12,20H,1H3,(H2,26,31)/t20-/m1/s1. The van der Waals surface area contributed by atoms with Crippen LogP contribution >= 0.6 is 0 Å². The Bertz CT molecular complexity index is 1440. The van der Waals surface area contributed by atoms with Gasteiger partial charge in [0.2, 0.25) is 5.95 Å². The van der Waals surface area contributed by atoms with E-state index < -0.39 is 17.8 Å². The quantitative estimate of drug-likeness (QED) is 0.434. The summed E-state index contributed by atoms with van der Waals surface area (Å²) >= 11 is 0. The van der Waals surface area contributed by atoms with E-state index in [9.17, 15) is 13.2 Å². The number of nitrogens with two attached hydrogens (primary N) is 1. The number of nitrogen functional groups attached to an aromatic ring is 1. The lowest BCUT2D eigenvalue weighted by molar-refractivity contribution is -0.0217. The summed E-state index contributed by atoms with van der Waals surface area (Å²) in [5, 5.41) is 8.18. The van der Waals surface area contributed by atoms with E-state index in [4.69, 9.17) is 5.73 Å². The van der Waals surface area contributed by atoms with Crippen molar-refractivity contribution in [3.8, 4) is 22.5 Å². The predicted molar refractivity (Wildman–Crippen MR) is 115 cm³/mol. The number of halogens is 3. The first-order chi connectivity index (χ1) is 15.8. The fraction of sp³-hybridized carbons (Fsp3) is 0.136. The molecular weight excluding hydrogens is 433 g/mol. The minimum absolute atomic E-state index is 0.155. The first-order valence-electron chi connectivity index (χ1n) is 9.90. The van der Waals surface area contributed by atoms with Crippen molar-refractivity contribution in [1.82, 2.24) is 34.3 Å². The van der Waals surface area contributed by atoms with E-state index in [-0.39, 0.29) is 11.5 Å². The van der Waals surface area contributed by atoms with Gasteiger partial charge in [0.05, 0.1) is 30.0 Å². The fourth-order valence-corrected chi connectivity index (χ4v) is 3.64. The highest BCUT2D eigenvalue weighted by molar-refractivity contribution is 5.66. The van der Waals surface area contributed by atoms with Gasteiger partial charge in [-0.1, -0.05) is 12.1 Å². The van der Waals surface area contributed by atoms with Crippen LogP contribution in [0.25, 0.3) is 28.2 Å². The first kappa shape index (κ1) is 20.6. The van der Waals surface area contributed by atoms with Crippen LogP contribution in [0.1, 0.15) is 18.5 Å². The summed E-state index contributed by atoms with van der Waals surface area (Å²) in [6.45, 7) is 0.802. The zero-order chi connectivity index (χ0) is 23.2. The van der Waals surface area contributed by atoms with E-state index in [0.29, 0.717) is 22.6 Å². The monoisotopic (exact) mass is 450 g/mol. The smallest absolute Gasteiger partial charge is 0.271 e. The lowest BCUT2D eigenvalue weighted by Gasteiger charge is -2.24. The molecule has 4 heterocycles. The Labute approximate surface area is 185 Å². The van der Waals surface area contributed by atoms with Crippen molar-refractivity contribution in [3.05, 3.63) is 78.8 Å². The normalized spacial score (nSPS) is 12.8. The Morgan fingerprint density at radius 3 is 2.42 bits per heavy atom. The maximum absolute atomic E-state index is 14.5. The SMILES string of the molecule is CC(F)(F)[C@@H](c1ccc(F)cc1)n1cc(-c2cncc(-c3ccn4nc(N)nc4c3)n2)cn1. The molecule has 0 radical (unpaired) electrons. The van der Waals surface area contributed by atoms with E-state index in [2.05, 4.69) is 25.1 Å². The number of alkyl halides is 2. The molecule has 0 unspecified atom stereocenters. The van der Waals surface area contributed by atoms with E-state index in [1.165, 1.54) is 30.7 Å². The molecule has 1 aromatic carbocycles. The van der Waals surface area contributed by atoms with Gasteiger partial charge in [-0.3, -0.25) is 9.67 Å². The predicted octanol–water partition coefficient (Wildman–Crippen LogP) is 4.02. The molecule has 166 valence electrons. The molecule has 0 amide bonds. The number of pyridine rings is 1. The zero-order valence-corrected chi connectivity index (χ0v) is 17.3. The molecule has 0 aliphatic heterocycles. The van der Waals surface area contributed by atoms with Gasteiger partial charge in [-0.25, -0.2) is 22.7 Å². The van der Waals surface area contributed by atoms with Crippen LogP contribution < -0.4 is 5.73 Å². The highest BCUT2D eigenvalue weighted by Crippen LogP contribution is 2.35. The molecule has 0 aliphatic carbocycles. The summed E-state index contributed by atoms with van der Waals surface area (Å²) in [7, 11) is 0. The summed E-state index contributed by atoms with van der Waals surface area (Å²) in [6.07, 6.45) is 7.73. The van der Waals surface area contributed by atoms with Crippen molar-refractivity contribution in [1.29, 1.82) is 0 Å². The molecule has 0 fully saturated rings. The van der Waals surface area contributed by atoms with Crippen molar-refractivity contribution < 1.29 is 13.2 Å². The Morgan fingerprint density at radius 2 is 1.70 bits per heavy atom. The van der Waals surface area contributed by atoms with Gasteiger partial charge in [0.1, 0.15) is 11.9 Å². The fourth-order valence-electron chi connectivity index (χ4n) is 3.64. The van der Waals surface area contributed by atoms with Crippen LogP contribution in [0, 0.1) is 5.82 Å². The summed E-state index contributed by atoms with van der Waals surface area (Å²) in [4.78, 5) is 13.0. The third kappa shape index (κ3) is 4.00. The van der Waals surface area contributed by atoms with Crippen LogP contribution in [0.4, 0.5) is 19.1 Å². The van der Waals surface area contributed by atoms with Gasteiger partial charge in [-0.15, -0.1) is 5.10 Å². The molecular formula is C22H17F3N8. The van der Waals surface area contributed by atoms with Gasteiger partial charge in [-0.2, -0.15) is 10.1 Å². The second-order valence-electron chi connectivity index (χ2n) is 7.60. The molecule has 0 saturated heterocycles. The van der Waals surface area contributed by atoms with Gasteiger partial charge >= 0.3 is 0 Å². The molecule has 0 spiro atoms. The molecule has 2 N–H and O–H groups in total. The number of nitrogens with zero attached hydrogens (tertiary/aromatic N) is 7. The van der Waals surface area contributed by atoms with Crippen LogP contribution in [0.5, 0.6) is 0 Å². The molecule has 11 heteroatoms. The average molecular weight is 450 g/mol. The summed E-state index contributed by atoms with van der Waals surface area (Å²) in [5.41, 5.74) is 8.68. The average Bonchev–Trinajstić information content (AvgIpc) is 3.40. The lowest BCUT2D eigenvalue weighted by Crippen LogP contribution is -2.29. The summed E-state index contributed by atoms with van der Waals surface area (Å²) in [6, 6.07) is 7.09. The topological polar surface area (TPSA) is 99.8 Å². The Morgan fingerprint density at radius 1 is 0.970 bits per heavy atom. The maximum atomic E-state index is 14.5. The molecule has 0 saturated carbocycles. The highest BCUT2D eigenvalue weighted by atomic mass is 19.3. The first-order valence-corrected chi connectivity index (χ1v) is 9.90. The number of benzene rings is 1. The summed E-state index contributed by atoms with van der Waals surface area (Å²) in [5.74, 6) is -3.50. The molecule has 8 nitrogen and oxygen atoms in total. The van der Waals surface area contributed by atoms with Crippen LogP contribution in [-0.2, 0) is 0 Å². The summed E-state index contributed by atoms with van der Waals surface area (Å²) < 4.78 is 45.0. The minimum Gasteiger partial charge on any atom is -0.366 e. The van der Waals surface area contributed by atoms with E-state index in [0.717, 1.165) is 29.3 Å². The van der Waals surface area contributed by atoms with Crippen LogP contribution in [0.15, 0.2) is 67.4 Å². The van der Waals surface area contributed by atoms with Gasteiger partial charge in [-0.05, 0) is 29.8 Å². The molecule has 4 aromatic heterocycles. The molecule has 5 aromatic rings. The van der Waals surface area contributed by atoms with Crippen molar-refractivity contribution in [2.45, 2.75) is 18.9 Å². The maximum Gasteiger partial charge on any atom is 0.271 e. The van der Waals surface area contributed by atoms with Crippen molar-refractivity contribution in [2.75, 3.05) is 5.73 Å². The number of anilines is 1. The van der Waals surface area contributed by atoms with E-state index in [1.54, 1.807) is 29.0 Å². The van der Waals surface area contributed by atoms with Crippen molar-refractivity contribution in [3.63, 3.8) is 0 Å². The van der Waals surface area contributed by atoms with Crippen LogP contribution in [0.2, 0.25) is 0 Å². The third-order valence-corrected chi connectivity index (χ3v) is 5.11. The van der Waals surface area contributed by atoms with Crippen molar-refractivity contribution in [2.24, 2.45) is 0 Å². The second-order valence-corrected chi connectivity index (χ2v) is 7.60. The minimum atomic E-state index is -3.15. The third-order valence-electron chi connectivity index (χ3n) is 5.11. The number of aromatic nitrogens is 7. The van der Waals surface area contributed by atoms with Crippen molar-refractivity contribution >= 4 is 11.6 Å².